The van der Waals surface area contributed by atoms with Crippen molar-refractivity contribution in [2.75, 3.05) is 45.3 Å². The number of amides is 3. The molecule has 2 heterocycles. The van der Waals surface area contributed by atoms with E-state index in [0.717, 1.165) is 4.90 Å². The van der Waals surface area contributed by atoms with Crippen LogP contribution in [0.5, 0.6) is 5.75 Å². The number of likely N-dealkylation sites (tertiary alicyclic amines) is 1. The highest BCUT2D eigenvalue weighted by Gasteiger charge is 2.47. The maximum atomic E-state index is 12.9. The Morgan fingerprint density at radius 2 is 1.75 bits per heavy atom. The number of methoxy groups -OCH3 is 1. The van der Waals surface area contributed by atoms with Gasteiger partial charge in [0.25, 0.3) is 0 Å². The van der Waals surface area contributed by atoms with Gasteiger partial charge in [0, 0.05) is 13.1 Å². The average molecular weight is 464 g/mol. The normalized spacial score (nSPS) is 23.8. The van der Waals surface area contributed by atoms with E-state index in [2.05, 4.69) is 5.32 Å². The number of morpholine rings is 1. The fourth-order valence-corrected chi connectivity index (χ4v) is 5.67. The summed E-state index contributed by atoms with van der Waals surface area (Å²) in [5.74, 6) is -1.90. The summed E-state index contributed by atoms with van der Waals surface area (Å²) in [4.78, 5) is 38.9. The highest BCUT2D eigenvalue weighted by atomic mass is 32.2. The van der Waals surface area contributed by atoms with Gasteiger partial charge in [0.05, 0.1) is 42.7 Å². The quantitative estimate of drug-likeness (QED) is 0.484. The molecule has 0 bridgehead atoms. The summed E-state index contributed by atoms with van der Waals surface area (Å²) in [6, 6.07) is 4.18. The van der Waals surface area contributed by atoms with Crippen LogP contribution in [0.15, 0.2) is 35.2 Å². The van der Waals surface area contributed by atoms with Gasteiger partial charge >= 0.3 is 0 Å². The van der Waals surface area contributed by atoms with Gasteiger partial charge in [0.1, 0.15) is 12.3 Å². The van der Waals surface area contributed by atoms with Gasteiger partial charge in [0.15, 0.2) is 0 Å². The van der Waals surface area contributed by atoms with E-state index < -0.39 is 34.3 Å². The number of benzene rings is 1. The van der Waals surface area contributed by atoms with Gasteiger partial charge < -0.3 is 14.8 Å². The van der Waals surface area contributed by atoms with Gasteiger partial charge in [0.2, 0.25) is 27.7 Å². The average Bonchev–Trinajstić information content (AvgIpc) is 3.04. The van der Waals surface area contributed by atoms with Gasteiger partial charge in [-0.25, -0.2) is 8.42 Å². The van der Waals surface area contributed by atoms with Crippen LogP contribution in [0.4, 0.5) is 5.69 Å². The third-order valence-corrected chi connectivity index (χ3v) is 7.85. The molecule has 3 amide bonds. The number of imide groups is 1. The van der Waals surface area contributed by atoms with Crippen molar-refractivity contribution in [3.8, 4) is 5.75 Å². The largest absolute Gasteiger partial charge is 0.495 e. The fraction of sp³-hybridized carbons (Fsp3) is 0.476. The van der Waals surface area contributed by atoms with Crippen molar-refractivity contribution in [1.29, 1.82) is 0 Å². The summed E-state index contributed by atoms with van der Waals surface area (Å²) in [5, 5.41) is 2.59. The third-order valence-electron chi connectivity index (χ3n) is 5.95. The Balaban J connectivity index is 1.51. The van der Waals surface area contributed by atoms with Gasteiger partial charge in [-0.1, -0.05) is 12.2 Å². The number of allylic oxidation sites excluding steroid dienone is 2. The number of hydrogen-bond acceptors (Lipinski definition) is 7. The predicted octanol–water partition coefficient (Wildman–Crippen LogP) is 0.606. The first-order chi connectivity index (χ1) is 15.3. The zero-order chi connectivity index (χ0) is 22.9. The number of carbonyl (C=O) groups is 3. The number of hydrogen-bond donors (Lipinski definition) is 1. The number of anilines is 1. The molecule has 0 saturated carbocycles. The zero-order valence-corrected chi connectivity index (χ0v) is 18.5. The van der Waals surface area contributed by atoms with Crippen molar-refractivity contribution in [2.24, 2.45) is 11.8 Å². The highest BCUT2D eigenvalue weighted by Crippen LogP contribution is 2.35. The minimum Gasteiger partial charge on any atom is -0.495 e. The second-order valence-electron chi connectivity index (χ2n) is 7.85. The zero-order valence-electron chi connectivity index (χ0n) is 17.7. The molecule has 0 aromatic heterocycles. The molecule has 4 rings (SSSR count). The molecule has 11 heteroatoms. The van der Waals surface area contributed by atoms with Crippen molar-refractivity contribution in [1.82, 2.24) is 9.21 Å². The molecule has 1 aromatic carbocycles. The van der Waals surface area contributed by atoms with Crippen LogP contribution >= 0.6 is 0 Å². The monoisotopic (exact) mass is 463 g/mol. The van der Waals surface area contributed by atoms with Crippen LogP contribution < -0.4 is 10.1 Å². The first-order valence-corrected chi connectivity index (χ1v) is 11.8. The van der Waals surface area contributed by atoms with Crippen molar-refractivity contribution >= 4 is 33.4 Å². The van der Waals surface area contributed by atoms with Gasteiger partial charge in [-0.05, 0) is 31.0 Å². The van der Waals surface area contributed by atoms with Crippen LogP contribution in [0, 0.1) is 11.8 Å². The molecule has 0 radical (unpaired) electrons. The number of carbonyl (C=O) groups excluding carboxylic acids is 3. The fourth-order valence-electron chi connectivity index (χ4n) is 4.24. The van der Waals surface area contributed by atoms with Crippen LogP contribution in [0.3, 0.4) is 0 Å². The maximum absolute atomic E-state index is 12.9. The lowest BCUT2D eigenvalue weighted by atomic mass is 9.85. The molecule has 1 N–H and O–H groups in total. The van der Waals surface area contributed by atoms with E-state index in [1.54, 1.807) is 0 Å². The SMILES string of the molecule is COc1ccc(S(=O)(=O)N2CCOCC2)cc1NC(=O)CN1C(=O)[C@H]2CC=CC[C@@H]2C1=O. The molecule has 1 aliphatic carbocycles. The lowest BCUT2D eigenvalue weighted by Crippen LogP contribution is -2.40. The summed E-state index contributed by atoms with van der Waals surface area (Å²) >= 11 is 0. The number of rotatable bonds is 6. The van der Waals surface area contributed by atoms with Crippen molar-refractivity contribution in [2.45, 2.75) is 17.7 Å². The van der Waals surface area contributed by atoms with E-state index in [4.69, 9.17) is 9.47 Å². The molecule has 0 unspecified atom stereocenters. The van der Waals surface area contributed by atoms with E-state index in [-0.39, 0.29) is 41.2 Å². The second-order valence-corrected chi connectivity index (χ2v) is 9.78. The van der Waals surface area contributed by atoms with Crippen LogP contribution in [0.2, 0.25) is 0 Å². The number of sulfonamides is 1. The highest BCUT2D eigenvalue weighted by molar-refractivity contribution is 7.89. The Hall–Kier alpha value is -2.76. The molecule has 10 nitrogen and oxygen atoms in total. The van der Waals surface area contributed by atoms with E-state index in [0.29, 0.717) is 26.1 Å². The van der Waals surface area contributed by atoms with Crippen LogP contribution in [-0.4, -0.2) is 75.3 Å². The Morgan fingerprint density at radius 3 is 2.34 bits per heavy atom. The number of nitrogens with zero attached hydrogens (tertiary/aromatic N) is 2. The van der Waals surface area contributed by atoms with Crippen molar-refractivity contribution in [3.05, 3.63) is 30.4 Å². The minimum absolute atomic E-state index is 0.000851. The van der Waals surface area contributed by atoms with Crippen LogP contribution in [-0.2, 0) is 29.1 Å². The third kappa shape index (κ3) is 4.15. The first kappa shape index (κ1) is 22.4. The van der Waals surface area contributed by atoms with Crippen LogP contribution in [0.25, 0.3) is 0 Å². The Kier molecular flexibility index (Phi) is 6.31. The molecular formula is C21H25N3O7S. The smallest absolute Gasteiger partial charge is 0.244 e. The second kappa shape index (κ2) is 9.00. The maximum Gasteiger partial charge on any atom is 0.244 e. The summed E-state index contributed by atoms with van der Waals surface area (Å²) < 4.78 is 37.7. The van der Waals surface area contributed by atoms with E-state index in [1.807, 2.05) is 12.2 Å². The lowest BCUT2D eigenvalue weighted by Gasteiger charge is -2.26. The van der Waals surface area contributed by atoms with Gasteiger partial charge in [-0.2, -0.15) is 4.31 Å². The lowest BCUT2D eigenvalue weighted by molar-refractivity contribution is -0.142. The summed E-state index contributed by atoms with van der Waals surface area (Å²) in [7, 11) is -2.38. The predicted molar refractivity (Wildman–Crippen MR) is 113 cm³/mol. The van der Waals surface area contributed by atoms with Crippen molar-refractivity contribution in [3.63, 3.8) is 0 Å². The molecule has 172 valence electrons. The van der Waals surface area contributed by atoms with E-state index in [1.165, 1.54) is 29.6 Å². The molecular weight excluding hydrogens is 438 g/mol. The molecule has 0 spiro atoms. The Labute approximate surface area is 186 Å². The molecule has 2 atom stereocenters. The number of ether oxygens (including phenoxy) is 2. The summed E-state index contributed by atoms with van der Waals surface area (Å²) in [5.41, 5.74) is 0.144. The minimum atomic E-state index is -3.78. The van der Waals surface area contributed by atoms with Crippen molar-refractivity contribution < 1.29 is 32.3 Å². The Morgan fingerprint density at radius 1 is 1.12 bits per heavy atom. The molecule has 3 aliphatic rings. The topological polar surface area (TPSA) is 122 Å². The summed E-state index contributed by atoms with van der Waals surface area (Å²) in [6.07, 6.45) is 4.73. The molecule has 2 saturated heterocycles. The van der Waals surface area contributed by atoms with E-state index >= 15 is 0 Å². The molecule has 1 aromatic rings. The number of fused-ring (bicyclic) bond motifs is 1. The van der Waals surface area contributed by atoms with E-state index in [9.17, 15) is 22.8 Å². The summed E-state index contributed by atoms with van der Waals surface area (Å²) in [6.45, 7) is 0.676. The number of nitrogens with one attached hydrogen (secondary N) is 1. The van der Waals surface area contributed by atoms with Crippen LogP contribution in [0.1, 0.15) is 12.8 Å². The standard InChI is InChI=1S/C21H25N3O7S/c1-30-18-7-6-14(32(28,29)23-8-10-31-11-9-23)12-17(18)22-19(25)13-24-20(26)15-4-2-3-5-16(15)21(24)27/h2-3,6-7,12,15-16H,4-5,8-11,13H2,1H3,(H,22,25)/t15-,16-/m0/s1. The molecule has 32 heavy (non-hydrogen) atoms. The molecule has 2 aliphatic heterocycles. The molecule has 2 fully saturated rings. The Bertz CT molecular complexity index is 1040. The van der Waals surface area contributed by atoms with Gasteiger partial charge in [-0.15, -0.1) is 0 Å². The first-order valence-electron chi connectivity index (χ1n) is 10.4. The van der Waals surface area contributed by atoms with Gasteiger partial charge in [-0.3, -0.25) is 19.3 Å².